The lowest BCUT2D eigenvalue weighted by molar-refractivity contribution is 0.121. The molecule has 3 heterocycles. The fourth-order valence-electron chi connectivity index (χ4n) is 3.70. The van der Waals surface area contributed by atoms with Crippen LogP contribution >= 0.6 is 12.4 Å². The molecular formula is C16H30ClN5O. The number of anilines is 1. The van der Waals surface area contributed by atoms with Crippen molar-refractivity contribution in [2.24, 2.45) is 7.05 Å². The molecule has 23 heavy (non-hydrogen) atoms. The van der Waals surface area contributed by atoms with Gasteiger partial charge < -0.3 is 15.0 Å². The molecule has 1 atom stereocenters. The molecule has 1 N–H and O–H groups in total. The van der Waals surface area contributed by atoms with E-state index in [-0.39, 0.29) is 12.4 Å². The summed E-state index contributed by atoms with van der Waals surface area (Å²) in [5.41, 5.74) is 2.55. The quantitative estimate of drug-likeness (QED) is 0.889. The highest BCUT2D eigenvalue weighted by atomic mass is 35.5. The van der Waals surface area contributed by atoms with Crippen molar-refractivity contribution in [3.05, 3.63) is 11.3 Å². The first-order valence-corrected chi connectivity index (χ1v) is 8.44. The van der Waals surface area contributed by atoms with Gasteiger partial charge in [0.15, 0.2) is 0 Å². The number of hydrogen-bond donors (Lipinski definition) is 1. The Bertz CT molecular complexity index is 501. The molecule has 7 heteroatoms. The van der Waals surface area contributed by atoms with Crippen LogP contribution in [-0.2, 0) is 18.3 Å². The summed E-state index contributed by atoms with van der Waals surface area (Å²) in [6, 6.07) is 0.623. The maximum atomic E-state index is 5.50. The van der Waals surface area contributed by atoms with Gasteiger partial charge in [0, 0.05) is 44.8 Å². The third kappa shape index (κ3) is 4.18. The third-order valence-electron chi connectivity index (χ3n) is 4.92. The van der Waals surface area contributed by atoms with E-state index in [0.717, 1.165) is 45.1 Å². The van der Waals surface area contributed by atoms with Crippen molar-refractivity contribution in [2.45, 2.75) is 32.4 Å². The largest absolute Gasteiger partial charge is 0.378 e. The third-order valence-corrected chi connectivity index (χ3v) is 4.92. The molecule has 1 aromatic heterocycles. The van der Waals surface area contributed by atoms with Gasteiger partial charge in [-0.2, -0.15) is 5.10 Å². The van der Waals surface area contributed by atoms with Gasteiger partial charge >= 0.3 is 0 Å². The molecule has 2 saturated heterocycles. The minimum absolute atomic E-state index is 0. The molecule has 6 nitrogen and oxygen atoms in total. The summed E-state index contributed by atoms with van der Waals surface area (Å²) in [5.74, 6) is 1.28. The highest BCUT2D eigenvalue weighted by Gasteiger charge is 2.25. The Morgan fingerprint density at radius 1 is 1.26 bits per heavy atom. The van der Waals surface area contributed by atoms with Crippen molar-refractivity contribution in [2.75, 3.05) is 51.3 Å². The van der Waals surface area contributed by atoms with Gasteiger partial charge in [0.2, 0.25) is 0 Å². The van der Waals surface area contributed by atoms with E-state index in [1.54, 1.807) is 0 Å². The van der Waals surface area contributed by atoms with Gasteiger partial charge in [-0.15, -0.1) is 12.4 Å². The second kappa shape index (κ2) is 8.33. The highest BCUT2D eigenvalue weighted by molar-refractivity contribution is 5.85. The molecule has 0 bridgehead atoms. The molecule has 0 radical (unpaired) electrons. The van der Waals surface area contributed by atoms with Crippen LogP contribution in [0.1, 0.15) is 24.1 Å². The van der Waals surface area contributed by atoms with Gasteiger partial charge in [-0.1, -0.05) is 0 Å². The van der Waals surface area contributed by atoms with Gasteiger partial charge in [0.05, 0.1) is 18.9 Å². The van der Waals surface area contributed by atoms with Crippen molar-refractivity contribution in [1.82, 2.24) is 20.0 Å². The average Bonchev–Trinajstić information content (AvgIpc) is 2.82. The number of likely N-dealkylation sites (N-methyl/N-ethyl adjacent to an activating group) is 1. The fraction of sp³-hybridized carbons (Fsp3) is 0.812. The number of ether oxygens (including phenoxy) is 1. The lowest BCUT2D eigenvalue weighted by atomic mass is 10.0. The van der Waals surface area contributed by atoms with Crippen LogP contribution in [0.3, 0.4) is 0 Å². The number of nitrogens with zero attached hydrogens (tertiary/aromatic N) is 4. The van der Waals surface area contributed by atoms with Crippen molar-refractivity contribution >= 4 is 18.2 Å². The zero-order valence-electron chi connectivity index (χ0n) is 14.5. The van der Waals surface area contributed by atoms with Gasteiger partial charge in [0.25, 0.3) is 0 Å². The molecule has 0 spiro atoms. The van der Waals surface area contributed by atoms with Crippen LogP contribution in [0.15, 0.2) is 0 Å². The Kier molecular flexibility index (Phi) is 6.71. The van der Waals surface area contributed by atoms with Crippen molar-refractivity contribution in [1.29, 1.82) is 0 Å². The molecule has 0 amide bonds. The summed E-state index contributed by atoms with van der Waals surface area (Å²) >= 11 is 0. The lowest BCUT2D eigenvalue weighted by Gasteiger charge is -2.34. The van der Waals surface area contributed by atoms with Crippen LogP contribution in [0.4, 0.5) is 5.82 Å². The molecule has 1 aromatic rings. The van der Waals surface area contributed by atoms with Crippen LogP contribution < -0.4 is 10.2 Å². The number of aromatic nitrogens is 2. The van der Waals surface area contributed by atoms with Gasteiger partial charge in [0.1, 0.15) is 5.82 Å². The van der Waals surface area contributed by atoms with Crippen molar-refractivity contribution in [3.63, 3.8) is 0 Å². The minimum atomic E-state index is 0. The SMILES string of the molecule is CNC1CCCN(Cc2c(C)nn(C)c2N2CCOCC2)C1.Cl. The van der Waals surface area contributed by atoms with Crippen LogP contribution in [0.5, 0.6) is 0 Å². The van der Waals surface area contributed by atoms with Crippen molar-refractivity contribution in [3.8, 4) is 0 Å². The minimum Gasteiger partial charge on any atom is -0.378 e. The molecule has 132 valence electrons. The predicted octanol–water partition coefficient (Wildman–Crippen LogP) is 1.17. The Morgan fingerprint density at radius 2 is 2.00 bits per heavy atom. The average molecular weight is 344 g/mol. The summed E-state index contributed by atoms with van der Waals surface area (Å²) in [6.45, 7) is 9.02. The van der Waals surface area contributed by atoms with E-state index in [2.05, 4.69) is 45.9 Å². The second-order valence-electron chi connectivity index (χ2n) is 6.47. The summed E-state index contributed by atoms with van der Waals surface area (Å²) in [7, 11) is 4.14. The van der Waals surface area contributed by atoms with E-state index in [9.17, 15) is 0 Å². The summed E-state index contributed by atoms with van der Waals surface area (Å²) in [4.78, 5) is 5.00. The first-order valence-electron chi connectivity index (χ1n) is 8.44. The standard InChI is InChI=1S/C16H29N5O.ClH/c1-13-15(12-20-6-4-5-14(11-20)17-2)16(19(3)18-13)21-7-9-22-10-8-21;/h14,17H,4-12H2,1-3H3;1H. The Balaban J connectivity index is 0.00000192. The molecule has 0 aliphatic carbocycles. The Hall–Kier alpha value is -0.820. The zero-order chi connectivity index (χ0) is 15.5. The fourth-order valence-corrected chi connectivity index (χ4v) is 3.70. The molecule has 0 aromatic carbocycles. The molecule has 3 rings (SSSR count). The first-order chi connectivity index (χ1) is 10.7. The van der Waals surface area contributed by atoms with Gasteiger partial charge in [-0.05, 0) is 33.4 Å². The number of aryl methyl sites for hydroxylation is 2. The number of nitrogens with one attached hydrogen (secondary N) is 1. The molecule has 1 unspecified atom stereocenters. The Labute approximate surface area is 145 Å². The van der Waals surface area contributed by atoms with Crippen LogP contribution in [0.25, 0.3) is 0 Å². The van der Waals surface area contributed by atoms with E-state index in [1.165, 1.54) is 30.8 Å². The number of likely N-dealkylation sites (tertiary alicyclic amines) is 1. The van der Waals surface area contributed by atoms with E-state index in [0.29, 0.717) is 6.04 Å². The van der Waals surface area contributed by atoms with Crippen LogP contribution in [0, 0.1) is 6.92 Å². The summed E-state index contributed by atoms with van der Waals surface area (Å²) < 4.78 is 7.55. The highest BCUT2D eigenvalue weighted by Crippen LogP contribution is 2.26. The molecule has 2 aliphatic heterocycles. The van der Waals surface area contributed by atoms with E-state index in [1.807, 2.05) is 0 Å². The number of piperidine rings is 1. The van der Waals surface area contributed by atoms with Crippen molar-refractivity contribution < 1.29 is 4.74 Å². The predicted molar refractivity (Wildman–Crippen MR) is 95.6 cm³/mol. The Morgan fingerprint density at radius 3 is 2.70 bits per heavy atom. The molecule has 2 fully saturated rings. The number of hydrogen-bond acceptors (Lipinski definition) is 5. The summed E-state index contributed by atoms with van der Waals surface area (Å²) in [5, 5.41) is 8.11. The number of morpholine rings is 1. The smallest absolute Gasteiger partial charge is 0.131 e. The first kappa shape index (κ1) is 18.5. The number of rotatable bonds is 4. The maximum Gasteiger partial charge on any atom is 0.131 e. The van der Waals surface area contributed by atoms with Gasteiger partial charge in [-0.25, -0.2) is 0 Å². The number of halogens is 1. The van der Waals surface area contributed by atoms with Crippen LogP contribution in [0.2, 0.25) is 0 Å². The van der Waals surface area contributed by atoms with Crippen LogP contribution in [-0.4, -0.2) is 67.2 Å². The van der Waals surface area contributed by atoms with E-state index >= 15 is 0 Å². The zero-order valence-corrected chi connectivity index (χ0v) is 15.4. The topological polar surface area (TPSA) is 45.6 Å². The molecule has 2 aliphatic rings. The van der Waals surface area contributed by atoms with E-state index < -0.39 is 0 Å². The normalized spacial score (nSPS) is 22.9. The second-order valence-corrected chi connectivity index (χ2v) is 6.47. The van der Waals surface area contributed by atoms with E-state index in [4.69, 9.17) is 4.74 Å². The molecule has 0 saturated carbocycles. The maximum absolute atomic E-state index is 5.50. The van der Waals surface area contributed by atoms with Gasteiger partial charge in [-0.3, -0.25) is 9.58 Å². The lowest BCUT2D eigenvalue weighted by Crippen LogP contribution is -2.44. The molecular weight excluding hydrogens is 314 g/mol. The summed E-state index contributed by atoms with van der Waals surface area (Å²) in [6.07, 6.45) is 2.56. The monoisotopic (exact) mass is 343 g/mol.